The van der Waals surface area contributed by atoms with Gasteiger partial charge >= 0.3 is 0 Å². The summed E-state index contributed by atoms with van der Waals surface area (Å²) in [5, 5.41) is 2.53. The lowest BCUT2D eigenvalue weighted by atomic mass is 9.90. The highest BCUT2D eigenvalue weighted by molar-refractivity contribution is 5.88. The van der Waals surface area contributed by atoms with Crippen molar-refractivity contribution in [3.05, 3.63) is 133 Å². The molecule has 0 heterocycles. The highest BCUT2D eigenvalue weighted by Gasteiger charge is 2.29. The van der Waals surface area contributed by atoms with Crippen molar-refractivity contribution >= 4 is 33.5 Å². The molecule has 0 saturated carbocycles. The first-order valence-electron chi connectivity index (χ1n) is 13.5. The molecule has 38 heavy (non-hydrogen) atoms. The van der Waals surface area contributed by atoms with Gasteiger partial charge in [0, 0.05) is 33.8 Å². The second-order valence-electron chi connectivity index (χ2n) is 11.7. The van der Waals surface area contributed by atoms with Gasteiger partial charge in [-0.05, 0) is 106 Å². The minimum atomic E-state index is -0.143. The number of hydrogen-bond donors (Lipinski definition) is 0. The van der Waals surface area contributed by atoms with Crippen molar-refractivity contribution in [1.82, 2.24) is 0 Å². The molecule has 0 aliphatic heterocycles. The van der Waals surface area contributed by atoms with Gasteiger partial charge in [-0.15, -0.1) is 0 Å². The number of anilines is 4. The molecule has 0 aliphatic carbocycles. The van der Waals surface area contributed by atoms with E-state index in [1.807, 2.05) is 0 Å². The second kappa shape index (κ2) is 10.4. The molecule has 0 fully saturated rings. The smallest absolute Gasteiger partial charge is 0.0435 e. The summed E-state index contributed by atoms with van der Waals surface area (Å²) in [6.07, 6.45) is 0.915. The fraction of sp³-hybridized carbons (Fsp3) is 0.222. The van der Waals surface area contributed by atoms with E-state index >= 15 is 0 Å². The molecule has 2 nitrogen and oxygen atoms in total. The first-order valence-corrected chi connectivity index (χ1v) is 13.5. The Labute approximate surface area is 228 Å². The lowest BCUT2D eigenvalue weighted by molar-refractivity contribution is 0.502. The summed E-state index contributed by atoms with van der Waals surface area (Å²) in [4.78, 5) is 4.89. The van der Waals surface area contributed by atoms with Crippen molar-refractivity contribution in [1.29, 1.82) is 0 Å². The van der Waals surface area contributed by atoms with Gasteiger partial charge in [0.2, 0.25) is 0 Å². The van der Waals surface area contributed by atoms with E-state index < -0.39 is 0 Å². The van der Waals surface area contributed by atoms with E-state index in [1.54, 1.807) is 0 Å². The summed E-state index contributed by atoms with van der Waals surface area (Å²) < 4.78 is 0. The Balaban J connectivity index is 1.52. The van der Waals surface area contributed by atoms with Gasteiger partial charge in [0.25, 0.3) is 0 Å². The number of benzene rings is 5. The van der Waals surface area contributed by atoms with Gasteiger partial charge in [-0.25, -0.2) is 0 Å². The van der Waals surface area contributed by atoms with E-state index in [-0.39, 0.29) is 11.1 Å². The van der Waals surface area contributed by atoms with Gasteiger partial charge in [0.05, 0.1) is 0 Å². The number of hydrogen-bond acceptors (Lipinski definition) is 2. The third-order valence-electron chi connectivity index (χ3n) is 7.10. The van der Waals surface area contributed by atoms with E-state index in [2.05, 4.69) is 172 Å². The molecule has 5 aromatic carbocycles. The monoisotopic (exact) mass is 498 g/mol. The van der Waals surface area contributed by atoms with E-state index in [0.29, 0.717) is 0 Å². The SMILES string of the molecule is CC(C)(C)N(c1ccccc1)c1ccc2ccc(CC(C)(C)N(c3ccccc3)c3ccccc3)cc2c1. The van der Waals surface area contributed by atoms with Crippen molar-refractivity contribution in [2.75, 3.05) is 9.80 Å². The molecule has 0 amide bonds. The van der Waals surface area contributed by atoms with Crippen LogP contribution in [0.2, 0.25) is 0 Å². The normalized spacial score (nSPS) is 11.9. The zero-order valence-electron chi connectivity index (χ0n) is 23.2. The predicted molar refractivity (Wildman–Crippen MR) is 165 cm³/mol. The Hall–Kier alpha value is -4.04. The lowest BCUT2D eigenvalue weighted by Gasteiger charge is -2.41. The van der Waals surface area contributed by atoms with E-state index in [1.165, 1.54) is 39.1 Å². The van der Waals surface area contributed by atoms with Crippen molar-refractivity contribution in [3.63, 3.8) is 0 Å². The van der Waals surface area contributed by atoms with Crippen molar-refractivity contribution in [2.24, 2.45) is 0 Å². The zero-order valence-corrected chi connectivity index (χ0v) is 23.2. The van der Waals surface area contributed by atoms with E-state index in [0.717, 1.165) is 6.42 Å². The van der Waals surface area contributed by atoms with Crippen LogP contribution in [0.1, 0.15) is 40.2 Å². The fourth-order valence-corrected chi connectivity index (χ4v) is 5.61. The lowest BCUT2D eigenvalue weighted by Crippen LogP contribution is -2.42. The summed E-state index contributed by atoms with van der Waals surface area (Å²) in [6, 6.07) is 45.9. The maximum absolute atomic E-state index is 2.46. The summed E-state index contributed by atoms with van der Waals surface area (Å²) in [5.41, 5.74) is 5.96. The van der Waals surface area contributed by atoms with Gasteiger partial charge in [-0.2, -0.15) is 0 Å². The molecular formula is C36H38N2. The number of rotatable bonds is 7. The standard InChI is InChI=1S/C36H38N2/c1-35(2,3)37(31-15-9-6-10-16-31)34-24-23-29-22-21-28(25-30(29)26-34)27-36(4,5)38(32-17-11-7-12-18-32)33-19-13-8-14-20-33/h6-26H,27H2,1-5H3. The zero-order chi connectivity index (χ0) is 26.8. The molecule has 0 bridgehead atoms. The van der Waals surface area contributed by atoms with Gasteiger partial charge in [-0.1, -0.05) is 78.9 Å². The van der Waals surface area contributed by atoms with Crippen LogP contribution in [0.15, 0.2) is 127 Å². The Morgan fingerprint density at radius 2 is 0.921 bits per heavy atom. The molecule has 5 rings (SSSR count). The number of nitrogens with zero attached hydrogens (tertiary/aromatic N) is 2. The number of para-hydroxylation sites is 3. The Kier molecular flexibility index (Phi) is 6.99. The Morgan fingerprint density at radius 3 is 1.42 bits per heavy atom. The van der Waals surface area contributed by atoms with Crippen LogP contribution >= 0.6 is 0 Å². The van der Waals surface area contributed by atoms with Gasteiger partial charge in [-0.3, -0.25) is 0 Å². The second-order valence-corrected chi connectivity index (χ2v) is 11.7. The quantitative estimate of drug-likeness (QED) is 0.220. The summed E-state index contributed by atoms with van der Waals surface area (Å²) in [7, 11) is 0. The van der Waals surface area contributed by atoms with Crippen LogP contribution < -0.4 is 9.80 Å². The van der Waals surface area contributed by atoms with E-state index in [9.17, 15) is 0 Å². The summed E-state index contributed by atoms with van der Waals surface area (Å²) in [5.74, 6) is 0. The topological polar surface area (TPSA) is 6.48 Å². The Bertz CT molecular complexity index is 1440. The van der Waals surface area contributed by atoms with Gasteiger partial charge in [0.1, 0.15) is 0 Å². The van der Waals surface area contributed by atoms with Gasteiger partial charge in [0.15, 0.2) is 0 Å². The molecule has 2 heteroatoms. The minimum Gasteiger partial charge on any atom is -0.336 e. The first-order chi connectivity index (χ1) is 18.2. The highest BCUT2D eigenvalue weighted by Crippen LogP contribution is 2.37. The third-order valence-corrected chi connectivity index (χ3v) is 7.10. The average Bonchev–Trinajstić information content (AvgIpc) is 2.89. The van der Waals surface area contributed by atoms with Crippen molar-refractivity contribution in [2.45, 2.75) is 52.1 Å². The molecule has 0 aromatic heterocycles. The van der Waals surface area contributed by atoms with Crippen LogP contribution in [0, 0.1) is 0 Å². The molecule has 0 unspecified atom stereocenters. The summed E-state index contributed by atoms with van der Waals surface area (Å²) in [6.45, 7) is 11.5. The molecule has 0 aliphatic rings. The largest absolute Gasteiger partial charge is 0.336 e. The average molecular weight is 499 g/mol. The maximum Gasteiger partial charge on any atom is 0.0435 e. The Morgan fingerprint density at radius 1 is 0.447 bits per heavy atom. The first kappa shape index (κ1) is 25.6. The summed E-state index contributed by atoms with van der Waals surface area (Å²) >= 11 is 0. The maximum atomic E-state index is 2.46. The molecule has 0 N–H and O–H groups in total. The molecule has 192 valence electrons. The molecule has 0 radical (unpaired) electrons. The van der Waals surface area contributed by atoms with Crippen LogP contribution in [0.3, 0.4) is 0 Å². The number of fused-ring (bicyclic) bond motifs is 1. The van der Waals surface area contributed by atoms with Crippen LogP contribution in [-0.4, -0.2) is 11.1 Å². The van der Waals surface area contributed by atoms with Gasteiger partial charge < -0.3 is 9.80 Å². The van der Waals surface area contributed by atoms with Crippen LogP contribution in [0.25, 0.3) is 10.8 Å². The highest BCUT2D eigenvalue weighted by atomic mass is 15.2. The molecular weight excluding hydrogens is 460 g/mol. The van der Waals surface area contributed by atoms with Crippen LogP contribution in [0.4, 0.5) is 22.7 Å². The fourth-order valence-electron chi connectivity index (χ4n) is 5.61. The van der Waals surface area contributed by atoms with E-state index in [4.69, 9.17) is 0 Å². The third kappa shape index (κ3) is 5.45. The molecule has 5 aromatic rings. The predicted octanol–water partition coefficient (Wildman–Crippen LogP) is 9.94. The molecule has 0 saturated heterocycles. The molecule has 0 atom stereocenters. The van der Waals surface area contributed by atoms with Crippen LogP contribution in [-0.2, 0) is 6.42 Å². The minimum absolute atomic E-state index is 0.0551. The van der Waals surface area contributed by atoms with Crippen molar-refractivity contribution in [3.8, 4) is 0 Å². The van der Waals surface area contributed by atoms with Crippen LogP contribution in [0.5, 0.6) is 0 Å². The molecule has 0 spiro atoms. The van der Waals surface area contributed by atoms with Crippen molar-refractivity contribution < 1.29 is 0 Å².